The van der Waals surface area contributed by atoms with Crippen molar-refractivity contribution in [1.82, 2.24) is 4.90 Å². The molecule has 1 amide bonds. The van der Waals surface area contributed by atoms with Crippen LogP contribution in [0.5, 0.6) is 0 Å². The van der Waals surface area contributed by atoms with Crippen molar-refractivity contribution in [1.29, 1.82) is 0 Å². The molecule has 100 valence electrons. The molecule has 0 bridgehead atoms. The molecule has 0 aliphatic carbocycles. The van der Waals surface area contributed by atoms with Gasteiger partial charge in [0, 0.05) is 13.0 Å². The zero-order valence-electron chi connectivity index (χ0n) is 11.0. The summed E-state index contributed by atoms with van der Waals surface area (Å²) < 4.78 is 0. The first kappa shape index (κ1) is 14.9. The summed E-state index contributed by atoms with van der Waals surface area (Å²) in [6, 6.07) is 1.92. The Morgan fingerprint density at radius 2 is 2.39 bits per heavy atom. The number of carbonyl (C=O) groups excluding carboxylic acids is 1. The van der Waals surface area contributed by atoms with E-state index in [1.807, 2.05) is 42.8 Å². The van der Waals surface area contributed by atoms with Crippen molar-refractivity contribution in [3.63, 3.8) is 0 Å². The number of thiophene rings is 1. The molecule has 1 rings (SSSR count). The molecule has 0 spiro atoms. The highest BCUT2D eigenvalue weighted by Crippen LogP contribution is 2.15. The molecule has 18 heavy (non-hydrogen) atoms. The van der Waals surface area contributed by atoms with Gasteiger partial charge in [-0.1, -0.05) is 19.1 Å². The summed E-state index contributed by atoms with van der Waals surface area (Å²) >= 11 is 1.62. The van der Waals surface area contributed by atoms with Crippen LogP contribution in [-0.2, 0) is 11.3 Å². The average Bonchev–Trinajstić information content (AvgIpc) is 2.89. The van der Waals surface area contributed by atoms with Gasteiger partial charge in [0.2, 0.25) is 5.91 Å². The Morgan fingerprint density at radius 1 is 1.61 bits per heavy atom. The lowest BCUT2D eigenvalue weighted by atomic mass is 10.1. The van der Waals surface area contributed by atoms with Crippen LogP contribution in [0.3, 0.4) is 0 Å². The van der Waals surface area contributed by atoms with E-state index in [1.54, 1.807) is 16.2 Å². The standard InChI is InChI=1S/C14H21NO2S/c1-3-5-6-14(17)15(13(4-2)10-16)9-12-7-8-18-11-12/h3,5,7-8,11,13,16H,4,6,9-10H2,1-2H3/b5-3+/t13-/m1/s1. The second-order valence-corrected chi connectivity index (χ2v) is 4.95. The molecule has 1 N–H and O–H groups in total. The molecule has 1 heterocycles. The molecule has 1 aromatic heterocycles. The molecule has 1 aromatic rings. The second-order valence-electron chi connectivity index (χ2n) is 4.17. The van der Waals surface area contributed by atoms with Crippen molar-refractivity contribution in [3.05, 3.63) is 34.5 Å². The molecule has 0 saturated carbocycles. The van der Waals surface area contributed by atoms with Gasteiger partial charge in [-0.05, 0) is 35.7 Å². The quantitative estimate of drug-likeness (QED) is 0.772. The molecule has 0 aromatic carbocycles. The van der Waals surface area contributed by atoms with E-state index < -0.39 is 0 Å². The van der Waals surface area contributed by atoms with Crippen LogP contribution in [0.15, 0.2) is 29.0 Å². The van der Waals surface area contributed by atoms with E-state index >= 15 is 0 Å². The van der Waals surface area contributed by atoms with Gasteiger partial charge in [-0.3, -0.25) is 4.79 Å². The van der Waals surface area contributed by atoms with Crippen molar-refractivity contribution in [2.45, 2.75) is 39.3 Å². The summed E-state index contributed by atoms with van der Waals surface area (Å²) in [5, 5.41) is 13.4. The van der Waals surface area contributed by atoms with Gasteiger partial charge in [0.1, 0.15) is 0 Å². The van der Waals surface area contributed by atoms with Crippen LogP contribution in [0, 0.1) is 0 Å². The zero-order valence-corrected chi connectivity index (χ0v) is 11.8. The van der Waals surface area contributed by atoms with Gasteiger partial charge in [-0.15, -0.1) is 0 Å². The number of allylic oxidation sites excluding steroid dienone is 1. The lowest BCUT2D eigenvalue weighted by molar-refractivity contribution is -0.134. The maximum Gasteiger partial charge on any atom is 0.226 e. The van der Waals surface area contributed by atoms with Gasteiger partial charge in [-0.2, -0.15) is 11.3 Å². The molecule has 0 fully saturated rings. The third kappa shape index (κ3) is 4.27. The highest BCUT2D eigenvalue weighted by atomic mass is 32.1. The van der Waals surface area contributed by atoms with Gasteiger partial charge < -0.3 is 10.0 Å². The largest absolute Gasteiger partial charge is 0.394 e. The Hall–Kier alpha value is -1.13. The molecule has 1 atom stereocenters. The second kappa shape index (κ2) is 8.06. The summed E-state index contributed by atoms with van der Waals surface area (Å²) in [6.45, 7) is 4.49. The Bertz CT molecular complexity index is 369. The molecule has 0 unspecified atom stereocenters. The van der Waals surface area contributed by atoms with Crippen molar-refractivity contribution >= 4 is 17.2 Å². The van der Waals surface area contributed by atoms with Crippen molar-refractivity contribution in [2.24, 2.45) is 0 Å². The molecule has 0 aliphatic heterocycles. The summed E-state index contributed by atoms with van der Waals surface area (Å²) in [5.41, 5.74) is 1.13. The number of amides is 1. The normalized spacial score (nSPS) is 12.8. The highest BCUT2D eigenvalue weighted by molar-refractivity contribution is 7.07. The number of hydrogen-bond acceptors (Lipinski definition) is 3. The number of aliphatic hydroxyl groups is 1. The summed E-state index contributed by atoms with van der Waals surface area (Å²) in [5.74, 6) is 0.0696. The first-order chi connectivity index (χ1) is 8.72. The summed E-state index contributed by atoms with van der Waals surface area (Å²) in [4.78, 5) is 13.9. The molecular formula is C14H21NO2S. The molecular weight excluding hydrogens is 246 g/mol. The van der Waals surface area contributed by atoms with Crippen LogP contribution < -0.4 is 0 Å². The number of aliphatic hydroxyl groups excluding tert-OH is 1. The minimum Gasteiger partial charge on any atom is -0.394 e. The lowest BCUT2D eigenvalue weighted by Crippen LogP contribution is -2.41. The van der Waals surface area contributed by atoms with Crippen LogP contribution in [-0.4, -0.2) is 28.6 Å². The van der Waals surface area contributed by atoms with E-state index in [-0.39, 0.29) is 18.6 Å². The fourth-order valence-corrected chi connectivity index (χ4v) is 2.44. The van der Waals surface area contributed by atoms with E-state index in [0.29, 0.717) is 13.0 Å². The Labute approximate surface area is 113 Å². The van der Waals surface area contributed by atoms with Crippen molar-refractivity contribution in [3.8, 4) is 0 Å². The van der Waals surface area contributed by atoms with Crippen molar-refractivity contribution in [2.75, 3.05) is 6.61 Å². The monoisotopic (exact) mass is 267 g/mol. The van der Waals surface area contributed by atoms with Gasteiger partial charge in [0.05, 0.1) is 12.6 Å². The average molecular weight is 267 g/mol. The Kier molecular flexibility index (Phi) is 6.68. The first-order valence-electron chi connectivity index (χ1n) is 6.25. The van der Waals surface area contributed by atoms with E-state index in [4.69, 9.17) is 0 Å². The van der Waals surface area contributed by atoms with Gasteiger partial charge >= 0.3 is 0 Å². The number of carbonyl (C=O) groups is 1. The maximum atomic E-state index is 12.2. The first-order valence-corrected chi connectivity index (χ1v) is 7.19. The summed E-state index contributed by atoms with van der Waals surface area (Å²) in [6.07, 6.45) is 4.90. The van der Waals surface area contributed by atoms with Gasteiger partial charge in [0.15, 0.2) is 0 Å². The Balaban J connectivity index is 2.76. The maximum absolute atomic E-state index is 12.2. The minimum atomic E-state index is -0.0948. The molecule has 0 aliphatic rings. The minimum absolute atomic E-state index is 0.0161. The van der Waals surface area contributed by atoms with Crippen LogP contribution >= 0.6 is 11.3 Å². The number of nitrogens with zero attached hydrogens (tertiary/aromatic N) is 1. The van der Waals surface area contributed by atoms with Crippen LogP contribution in [0.25, 0.3) is 0 Å². The Morgan fingerprint density at radius 3 is 2.89 bits per heavy atom. The smallest absolute Gasteiger partial charge is 0.226 e. The number of rotatable bonds is 7. The van der Waals surface area contributed by atoms with E-state index in [1.165, 1.54) is 0 Å². The zero-order chi connectivity index (χ0) is 13.4. The van der Waals surface area contributed by atoms with Crippen LogP contribution in [0.4, 0.5) is 0 Å². The predicted octanol–water partition coefficient (Wildman–Crippen LogP) is 2.81. The van der Waals surface area contributed by atoms with Gasteiger partial charge in [0.25, 0.3) is 0 Å². The highest BCUT2D eigenvalue weighted by Gasteiger charge is 2.21. The molecule has 3 nitrogen and oxygen atoms in total. The van der Waals surface area contributed by atoms with E-state index in [9.17, 15) is 9.90 Å². The number of hydrogen-bond donors (Lipinski definition) is 1. The SMILES string of the molecule is C/C=C/CC(=O)N(Cc1ccsc1)[C@H](CC)CO. The van der Waals surface area contributed by atoms with Crippen LogP contribution in [0.1, 0.15) is 32.3 Å². The van der Waals surface area contributed by atoms with E-state index in [2.05, 4.69) is 0 Å². The molecule has 0 saturated heterocycles. The van der Waals surface area contributed by atoms with E-state index in [0.717, 1.165) is 12.0 Å². The third-order valence-electron chi connectivity index (χ3n) is 2.90. The van der Waals surface area contributed by atoms with Crippen LogP contribution in [0.2, 0.25) is 0 Å². The van der Waals surface area contributed by atoms with Crippen molar-refractivity contribution < 1.29 is 9.90 Å². The third-order valence-corrected chi connectivity index (χ3v) is 3.64. The predicted molar refractivity (Wildman–Crippen MR) is 75.5 cm³/mol. The lowest BCUT2D eigenvalue weighted by Gasteiger charge is -2.29. The molecule has 4 heteroatoms. The fraction of sp³-hybridized carbons (Fsp3) is 0.500. The fourth-order valence-electron chi connectivity index (χ4n) is 1.78. The van der Waals surface area contributed by atoms with Gasteiger partial charge in [-0.25, -0.2) is 0 Å². The molecule has 0 radical (unpaired) electrons. The topological polar surface area (TPSA) is 40.5 Å². The summed E-state index contributed by atoms with van der Waals surface area (Å²) in [7, 11) is 0.